The second-order valence-electron chi connectivity index (χ2n) is 11.1. The van der Waals surface area contributed by atoms with Crippen LogP contribution in [-0.2, 0) is 19.5 Å². The molecular formula is C35H36N2O6. The molecule has 1 aliphatic rings. The molecule has 1 fully saturated rings. The number of aromatic hydroxyl groups is 1. The molecule has 5 atom stereocenters. The number of aromatic carboxylic acids is 1. The molecule has 0 saturated carbocycles. The Morgan fingerprint density at radius 3 is 2.00 bits per heavy atom. The third-order valence-electron chi connectivity index (χ3n) is 8.29. The lowest BCUT2D eigenvalue weighted by Gasteiger charge is -2.38. The van der Waals surface area contributed by atoms with Crippen molar-refractivity contribution in [2.45, 2.75) is 56.6 Å². The normalized spacial score (nSPS) is 21.3. The van der Waals surface area contributed by atoms with Gasteiger partial charge in [0, 0.05) is 19.0 Å². The van der Waals surface area contributed by atoms with Gasteiger partial charge in [0.25, 0.3) is 0 Å². The van der Waals surface area contributed by atoms with Gasteiger partial charge < -0.3 is 30.2 Å². The summed E-state index contributed by atoms with van der Waals surface area (Å²) in [6.07, 6.45) is -2.34. The predicted octanol–water partition coefficient (Wildman–Crippen LogP) is 5.03. The van der Waals surface area contributed by atoms with E-state index in [4.69, 9.17) is 0 Å². The van der Waals surface area contributed by atoms with Gasteiger partial charge in [-0.3, -0.25) is 0 Å². The van der Waals surface area contributed by atoms with Crippen molar-refractivity contribution in [1.82, 2.24) is 9.80 Å². The van der Waals surface area contributed by atoms with Crippen molar-refractivity contribution in [3.05, 3.63) is 137 Å². The minimum atomic E-state index is -1.31. The zero-order chi connectivity index (χ0) is 30.5. The Morgan fingerprint density at radius 2 is 1.35 bits per heavy atom. The van der Waals surface area contributed by atoms with Gasteiger partial charge in [0.15, 0.2) is 0 Å². The molecule has 4 N–H and O–H groups in total. The summed E-state index contributed by atoms with van der Waals surface area (Å²) in [6, 6.07) is 30.0. The van der Waals surface area contributed by atoms with Gasteiger partial charge in [0.1, 0.15) is 18.0 Å². The smallest absolute Gasteiger partial charge is 0.335 e. The molecule has 1 heterocycles. The molecule has 222 valence electrons. The second-order valence-corrected chi connectivity index (χ2v) is 11.1. The first-order valence-electron chi connectivity index (χ1n) is 14.4. The van der Waals surface area contributed by atoms with Crippen LogP contribution in [0.25, 0.3) is 0 Å². The molecular weight excluding hydrogens is 544 g/mol. The van der Waals surface area contributed by atoms with Gasteiger partial charge in [-0.05, 0) is 52.9 Å². The number of amides is 2. The van der Waals surface area contributed by atoms with Gasteiger partial charge in [-0.15, -0.1) is 0 Å². The average Bonchev–Trinajstić information content (AvgIpc) is 3.09. The number of aliphatic hydroxyl groups excluding tert-OH is 2. The molecule has 0 aromatic heterocycles. The number of hydrogen-bond donors (Lipinski definition) is 4. The number of carbonyl (C=O) groups excluding carboxylic acids is 1. The number of nitrogens with zero attached hydrogens (tertiary/aromatic N) is 2. The zero-order valence-corrected chi connectivity index (χ0v) is 23.9. The first kappa shape index (κ1) is 29.8. The summed E-state index contributed by atoms with van der Waals surface area (Å²) >= 11 is 0. The molecule has 4 aromatic carbocycles. The minimum absolute atomic E-state index is 0.0275. The molecule has 5 rings (SSSR count). The number of benzene rings is 4. The maximum absolute atomic E-state index is 14.7. The zero-order valence-electron chi connectivity index (χ0n) is 23.9. The lowest BCUT2D eigenvalue weighted by molar-refractivity contribution is -0.0455. The first-order valence-corrected chi connectivity index (χ1v) is 14.4. The summed E-state index contributed by atoms with van der Waals surface area (Å²) in [4.78, 5) is 29.6. The van der Waals surface area contributed by atoms with E-state index in [2.05, 4.69) is 0 Å². The molecule has 0 spiro atoms. The van der Waals surface area contributed by atoms with Crippen molar-refractivity contribution in [3.63, 3.8) is 0 Å². The highest BCUT2D eigenvalue weighted by Gasteiger charge is 2.48. The van der Waals surface area contributed by atoms with E-state index in [1.807, 2.05) is 67.6 Å². The number of carboxylic acid groups (broad SMARTS) is 1. The Kier molecular flexibility index (Phi) is 9.09. The van der Waals surface area contributed by atoms with Crippen LogP contribution in [0.2, 0.25) is 0 Å². The summed E-state index contributed by atoms with van der Waals surface area (Å²) in [5.74, 6) is -1.33. The van der Waals surface area contributed by atoms with E-state index in [0.717, 1.165) is 16.7 Å². The summed E-state index contributed by atoms with van der Waals surface area (Å²) in [5.41, 5.74) is 3.22. The van der Waals surface area contributed by atoms with Crippen molar-refractivity contribution in [3.8, 4) is 5.75 Å². The van der Waals surface area contributed by atoms with Crippen LogP contribution in [0.1, 0.15) is 45.5 Å². The van der Waals surface area contributed by atoms with Crippen LogP contribution >= 0.6 is 0 Å². The van der Waals surface area contributed by atoms with Gasteiger partial charge in [-0.25, -0.2) is 9.59 Å². The quantitative estimate of drug-likeness (QED) is 0.220. The van der Waals surface area contributed by atoms with Crippen molar-refractivity contribution in [2.24, 2.45) is 0 Å². The molecule has 43 heavy (non-hydrogen) atoms. The number of carbonyl (C=O) groups is 2. The SMILES string of the molecule is C[C@H](c1ccccc1)[C@@H]1[C@H](O)[C@@H](O)[C@@H](Cc2ccccc2)N(Cc2cccc(C(=O)O)c2)C(=O)N1Cc1ccc(O)cc1. The Balaban J connectivity index is 1.62. The van der Waals surface area contributed by atoms with Crippen molar-refractivity contribution < 1.29 is 30.0 Å². The molecule has 1 saturated heterocycles. The second kappa shape index (κ2) is 13.1. The summed E-state index contributed by atoms with van der Waals surface area (Å²) in [5, 5.41) is 43.2. The fraction of sp³-hybridized carbons (Fsp3) is 0.257. The third-order valence-corrected chi connectivity index (χ3v) is 8.29. The molecule has 4 aromatic rings. The summed E-state index contributed by atoms with van der Waals surface area (Å²) < 4.78 is 0. The molecule has 1 aliphatic heterocycles. The maximum atomic E-state index is 14.7. The van der Waals surface area contributed by atoms with Gasteiger partial charge >= 0.3 is 12.0 Å². The van der Waals surface area contributed by atoms with Crippen LogP contribution in [0.4, 0.5) is 4.79 Å². The van der Waals surface area contributed by atoms with Gasteiger partial charge in [0.05, 0.1) is 17.6 Å². The van der Waals surface area contributed by atoms with Crippen molar-refractivity contribution >= 4 is 12.0 Å². The van der Waals surface area contributed by atoms with Crippen LogP contribution in [0.3, 0.4) is 0 Å². The number of urea groups is 1. The fourth-order valence-electron chi connectivity index (χ4n) is 5.99. The van der Waals surface area contributed by atoms with Gasteiger partial charge in [-0.1, -0.05) is 91.9 Å². The van der Waals surface area contributed by atoms with E-state index >= 15 is 0 Å². The Hall–Kier alpha value is -4.66. The minimum Gasteiger partial charge on any atom is -0.508 e. The number of carboxylic acids is 1. The number of hydrogen-bond acceptors (Lipinski definition) is 5. The predicted molar refractivity (Wildman–Crippen MR) is 163 cm³/mol. The summed E-state index contributed by atoms with van der Waals surface area (Å²) in [6.45, 7) is 2.08. The van der Waals surface area contributed by atoms with E-state index in [9.17, 15) is 30.0 Å². The summed E-state index contributed by atoms with van der Waals surface area (Å²) in [7, 11) is 0. The van der Waals surface area contributed by atoms with Gasteiger partial charge in [-0.2, -0.15) is 0 Å². The van der Waals surface area contributed by atoms with Crippen molar-refractivity contribution in [1.29, 1.82) is 0 Å². The molecule has 0 bridgehead atoms. The third kappa shape index (κ3) is 6.71. The highest BCUT2D eigenvalue weighted by atomic mass is 16.4. The molecule has 2 amide bonds. The molecule has 0 aliphatic carbocycles. The number of rotatable bonds is 9. The Bertz CT molecular complexity index is 1530. The topological polar surface area (TPSA) is 122 Å². The van der Waals surface area contributed by atoms with Crippen LogP contribution in [-0.4, -0.2) is 66.5 Å². The van der Waals surface area contributed by atoms with Crippen LogP contribution in [0.5, 0.6) is 5.75 Å². The number of phenolic OH excluding ortho intramolecular Hbond substituents is 1. The van der Waals surface area contributed by atoms with E-state index in [1.165, 1.54) is 12.1 Å². The Morgan fingerprint density at radius 1 is 0.744 bits per heavy atom. The largest absolute Gasteiger partial charge is 0.508 e. The molecule has 8 nitrogen and oxygen atoms in total. The number of aliphatic hydroxyl groups is 2. The molecule has 8 heteroatoms. The lowest BCUT2D eigenvalue weighted by Crippen LogP contribution is -2.51. The van der Waals surface area contributed by atoms with E-state index in [1.54, 1.807) is 46.2 Å². The maximum Gasteiger partial charge on any atom is 0.335 e. The highest BCUT2D eigenvalue weighted by molar-refractivity contribution is 5.87. The fourth-order valence-corrected chi connectivity index (χ4v) is 5.99. The first-order chi connectivity index (χ1) is 20.7. The van der Waals surface area contributed by atoms with E-state index < -0.39 is 36.3 Å². The van der Waals surface area contributed by atoms with Crippen molar-refractivity contribution in [2.75, 3.05) is 0 Å². The Labute approximate surface area is 251 Å². The van der Waals surface area contributed by atoms with Crippen LogP contribution in [0, 0.1) is 0 Å². The van der Waals surface area contributed by atoms with Crippen LogP contribution in [0.15, 0.2) is 109 Å². The van der Waals surface area contributed by atoms with Crippen LogP contribution < -0.4 is 0 Å². The molecule has 0 unspecified atom stereocenters. The van der Waals surface area contributed by atoms with Gasteiger partial charge in [0.2, 0.25) is 0 Å². The molecule has 0 radical (unpaired) electrons. The van der Waals surface area contributed by atoms with E-state index in [-0.39, 0.29) is 36.7 Å². The van der Waals surface area contributed by atoms with E-state index in [0.29, 0.717) is 5.56 Å². The lowest BCUT2D eigenvalue weighted by atomic mass is 9.84. The number of phenols is 1. The standard InChI is InChI=1S/C35H36N2O6/c1-23(27-12-6-3-7-13-27)31-33(40)32(39)30(20-24-9-4-2-5-10-24)36(22-26-11-8-14-28(19-26)34(41)42)35(43)37(31)21-25-15-17-29(38)18-16-25/h2-19,23,30-33,38-40H,20-22H2,1H3,(H,41,42)/t23-,30-,31-,32+,33+/m1/s1. The average molecular weight is 581 g/mol. The highest BCUT2D eigenvalue weighted by Crippen LogP contribution is 2.35. The monoisotopic (exact) mass is 580 g/mol.